The summed E-state index contributed by atoms with van der Waals surface area (Å²) in [5.41, 5.74) is 3.79. The van der Waals surface area contributed by atoms with Crippen LogP contribution >= 0.6 is 11.3 Å². The average molecular weight is 451 g/mol. The van der Waals surface area contributed by atoms with Crippen molar-refractivity contribution < 1.29 is 9.53 Å². The quantitative estimate of drug-likeness (QED) is 0.571. The Morgan fingerprint density at radius 1 is 1.09 bits per heavy atom. The molecule has 3 aromatic rings. The number of rotatable bonds is 6. The fraction of sp³-hybridized carbons (Fsp3) is 0.391. The molecule has 166 valence electrons. The zero-order valence-corrected chi connectivity index (χ0v) is 19.1. The average Bonchev–Trinajstić information content (AvgIpc) is 3.48. The Morgan fingerprint density at radius 3 is 2.62 bits per heavy atom. The third-order valence-corrected chi connectivity index (χ3v) is 6.71. The van der Waals surface area contributed by atoms with E-state index in [1.165, 1.54) is 22.5 Å². The van der Waals surface area contributed by atoms with E-state index >= 15 is 0 Å². The molecular formula is C23H26N6O2S. The molecule has 5 rings (SSSR count). The van der Waals surface area contributed by atoms with Crippen molar-refractivity contribution in [1.82, 2.24) is 20.3 Å². The Balaban J connectivity index is 1.18. The number of aromatic nitrogens is 3. The Labute approximate surface area is 190 Å². The first kappa shape index (κ1) is 20.7. The summed E-state index contributed by atoms with van der Waals surface area (Å²) in [6, 6.07) is 8.13. The Hall–Kier alpha value is -3.20. The number of anilines is 2. The maximum absolute atomic E-state index is 12.0. The molecule has 4 heterocycles. The van der Waals surface area contributed by atoms with Crippen LogP contribution in [0.1, 0.15) is 20.3 Å². The molecule has 0 unspecified atom stereocenters. The number of amides is 1. The SMILES string of the molecule is CC(C)CCNC(=O)Oc1cnc(N2CC3=C(C2)CN(c2ncnc4ccccc24)C3)s1. The minimum atomic E-state index is -0.421. The molecule has 0 saturated heterocycles. The molecule has 32 heavy (non-hydrogen) atoms. The summed E-state index contributed by atoms with van der Waals surface area (Å²) in [6.45, 7) is 8.26. The molecule has 0 aliphatic carbocycles. The van der Waals surface area contributed by atoms with Crippen LogP contribution < -0.4 is 19.9 Å². The minimum absolute atomic E-state index is 0.421. The lowest BCUT2D eigenvalue weighted by atomic mass is 10.1. The first-order valence-electron chi connectivity index (χ1n) is 10.9. The number of para-hydroxylation sites is 1. The van der Waals surface area contributed by atoms with Crippen LogP contribution in [0.5, 0.6) is 5.06 Å². The van der Waals surface area contributed by atoms with Crippen molar-refractivity contribution in [3.63, 3.8) is 0 Å². The number of ether oxygens (including phenoxy) is 1. The molecule has 0 spiro atoms. The number of benzene rings is 1. The molecule has 0 saturated carbocycles. The second-order valence-corrected chi connectivity index (χ2v) is 9.57. The number of hydrogen-bond donors (Lipinski definition) is 1. The lowest BCUT2D eigenvalue weighted by molar-refractivity contribution is 0.201. The van der Waals surface area contributed by atoms with Gasteiger partial charge in [-0.25, -0.2) is 19.7 Å². The summed E-state index contributed by atoms with van der Waals surface area (Å²) in [4.78, 5) is 29.9. The van der Waals surface area contributed by atoms with Gasteiger partial charge in [0.2, 0.25) is 5.06 Å². The third kappa shape index (κ3) is 4.25. The molecule has 9 heteroatoms. The number of hydrogen-bond acceptors (Lipinski definition) is 8. The van der Waals surface area contributed by atoms with Crippen molar-refractivity contribution in [2.24, 2.45) is 5.92 Å². The molecule has 0 fully saturated rings. The predicted molar refractivity (Wildman–Crippen MR) is 127 cm³/mol. The number of nitrogens with one attached hydrogen (secondary N) is 1. The van der Waals surface area contributed by atoms with Crippen LogP contribution in [0.2, 0.25) is 0 Å². The van der Waals surface area contributed by atoms with Crippen LogP contribution in [0.3, 0.4) is 0 Å². The smallest absolute Gasteiger partial charge is 0.397 e. The van der Waals surface area contributed by atoms with Gasteiger partial charge < -0.3 is 19.9 Å². The van der Waals surface area contributed by atoms with Gasteiger partial charge in [0.25, 0.3) is 0 Å². The largest absolute Gasteiger partial charge is 0.413 e. The molecule has 2 aliphatic heterocycles. The van der Waals surface area contributed by atoms with Crippen LogP contribution in [0, 0.1) is 5.92 Å². The lowest BCUT2D eigenvalue weighted by Crippen LogP contribution is -2.30. The topological polar surface area (TPSA) is 83.5 Å². The van der Waals surface area contributed by atoms with E-state index in [0.29, 0.717) is 17.5 Å². The molecule has 2 aliphatic rings. The Morgan fingerprint density at radius 2 is 1.84 bits per heavy atom. The molecule has 2 aromatic heterocycles. The van der Waals surface area contributed by atoms with Crippen LogP contribution in [0.15, 0.2) is 47.9 Å². The molecule has 1 aromatic carbocycles. The zero-order chi connectivity index (χ0) is 22.1. The first-order valence-corrected chi connectivity index (χ1v) is 11.7. The van der Waals surface area contributed by atoms with Gasteiger partial charge >= 0.3 is 6.09 Å². The molecule has 1 N–H and O–H groups in total. The second kappa shape index (κ2) is 8.74. The highest BCUT2D eigenvalue weighted by Crippen LogP contribution is 2.36. The van der Waals surface area contributed by atoms with Crippen molar-refractivity contribution >= 4 is 39.3 Å². The first-order chi connectivity index (χ1) is 15.6. The minimum Gasteiger partial charge on any atom is -0.397 e. The van der Waals surface area contributed by atoms with Gasteiger partial charge in [-0.3, -0.25) is 0 Å². The molecule has 1 amide bonds. The Kier molecular flexibility index (Phi) is 5.65. The van der Waals surface area contributed by atoms with E-state index < -0.39 is 6.09 Å². The summed E-state index contributed by atoms with van der Waals surface area (Å²) >= 11 is 1.41. The van der Waals surface area contributed by atoms with E-state index in [1.54, 1.807) is 12.5 Å². The molecular weight excluding hydrogens is 424 g/mol. The predicted octanol–water partition coefficient (Wildman–Crippen LogP) is 3.86. The van der Waals surface area contributed by atoms with Gasteiger partial charge in [0, 0.05) is 38.1 Å². The van der Waals surface area contributed by atoms with Crippen LogP contribution in [0.4, 0.5) is 15.7 Å². The van der Waals surface area contributed by atoms with Gasteiger partial charge in [-0.1, -0.05) is 37.3 Å². The van der Waals surface area contributed by atoms with Crippen molar-refractivity contribution in [3.8, 4) is 5.06 Å². The van der Waals surface area contributed by atoms with Crippen LogP contribution in [-0.2, 0) is 0 Å². The number of carbonyl (C=O) groups is 1. The third-order valence-electron chi connectivity index (χ3n) is 5.78. The van der Waals surface area contributed by atoms with Crippen molar-refractivity contribution in [2.45, 2.75) is 20.3 Å². The standard InChI is InChI=1S/C23H26N6O2S/c1-15(2)7-8-24-23(30)31-20-9-25-22(32-20)29-12-16-10-28(11-17(16)13-29)21-18-5-3-4-6-19(18)26-14-27-21/h3-6,9,14-15H,7-8,10-13H2,1-2H3,(H,24,30). The summed E-state index contributed by atoms with van der Waals surface area (Å²) in [7, 11) is 0. The second-order valence-electron chi connectivity index (χ2n) is 8.59. The van der Waals surface area contributed by atoms with Crippen LogP contribution in [0.25, 0.3) is 10.9 Å². The van der Waals surface area contributed by atoms with E-state index in [-0.39, 0.29) is 0 Å². The van der Waals surface area contributed by atoms with Gasteiger partial charge in [-0.15, -0.1) is 0 Å². The van der Waals surface area contributed by atoms with E-state index in [1.807, 2.05) is 18.2 Å². The fourth-order valence-electron chi connectivity index (χ4n) is 4.14. The molecule has 8 nitrogen and oxygen atoms in total. The summed E-state index contributed by atoms with van der Waals surface area (Å²) in [6.07, 6.45) is 3.78. The van der Waals surface area contributed by atoms with Crippen molar-refractivity contribution in [3.05, 3.63) is 47.9 Å². The fourth-order valence-corrected chi connectivity index (χ4v) is 4.91. The van der Waals surface area contributed by atoms with Crippen molar-refractivity contribution in [2.75, 3.05) is 42.5 Å². The van der Waals surface area contributed by atoms with E-state index in [4.69, 9.17) is 4.74 Å². The maximum Gasteiger partial charge on any atom is 0.413 e. The van der Waals surface area contributed by atoms with Gasteiger partial charge in [0.1, 0.15) is 12.1 Å². The van der Waals surface area contributed by atoms with Crippen LogP contribution in [-0.4, -0.2) is 53.8 Å². The highest BCUT2D eigenvalue weighted by molar-refractivity contribution is 7.17. The normalized spacial score (nSPS) is 15.7. The zero-order valence-electron chi connectivity index (χ0n) is 18.2. The maximum atomic E-state index is 12.0. The molecule has 0 radical (unpaired) electrons. The number of nitrogens with zero attached hydrogens (tertiary/aromatic N) is 5. The molecule has 0 bridgehead atoms. The summed E-state index contributed by atoms with van der Waals surface area (Å²) in [5.74, 6) is 1.53. The summed E-state index contributed by atoms with van der Waals surface area (Å²) in [5, 5.41) is 5.27. The monoisotopic (exact) mass is 450 g/mol. The summed E-state index contributed by atoms with van der Waals surface area (Å²) < 4.78 is 5.39. The van der Waals surface area contributed by atoms with E-state index in [9.17, 15) is 4.79 Å². The van der Waals surface area contributed by atoms with Gasteiger partial charge in [0.05, 0.1) is 11.7 Å². The van der Waals surface area contributed by atoms with E-state index in [2.05, 4.69) is 50.0 Å². The number of thiazole rings is 1. The highest BCUT2D eigenvalue weighted by Gasteiger charge is 2.32. The Bertz CT molecular complexity index is 1150. The molecule has 0 atom stereocenters. The van der Waals surface area contributed by atoms with Crippen molar-refractivity contribution in [1.29, 1.82) is 0 Å². The number of carbonyl (C=O) groups excluding carboxylic acids is 1. The van der Waals surface area contributed by atoms with Gasteiger partial charge in [-0.05, 0) is 35.6 Å². The van der Waals surface area contributed by atoms with E-state index in [0.717, 1.165) is 54.5 Å². The van der Waals surface area contributed by atoms with Gasteiger partial charge in [0.15, 0.2) is 5.13 Å². The lowest BCUT2D eigenvalue weighted by Gasteiger charge is -2.24. The number of fused-ring (bicyclic) bond motifs is 1. The highest BCUT2D eigenvalue weighted by atomic mass is 32.1. The van der Waals surface area contributed by atoms with Gasteiger partial charge in [-0.2, -0.15) is 0 Å².